The van der Waals surface area contributed by atoms with Gasteiger partial charge in [0.2, 0.25) is 0 Å². The van der Waals surface area contributed by atoms with Crippen molar-refractivity contribution in [3.05, 3.63) is 0 Å². The summed E-state index contributed by atoms with van der Waals surface area (Å²) >= 11 is 0. The van der Waals surface area contributed by atoms with Gasteiger partial charge in [0.1, 0.15) is 0 Å². The Bertz CT molecular complexity index is 151. The summed E-state index contributed by atoms with van der Waals surface area (Å²) in [6, 6.07) is 0. The van der Waals surface area contributed by atoms with E-state index in [1.165, 1.54) is 12.8 Å². The Kier molecular flexibility index (Phi) is 8.71. The monoisotopic (exact) mass is 231 g/mol. The molecule has 0 aromatic carbocycles. The van der Waals surface area contributed by atoms with Gasteiger partial charge in [0.25, 0.3) is 0 Å². The first-order valence-corrected chi connectivity index (χ1v) is 6.28. The molecule has 0 bridgehead atoms. The number of hydrogen-bond acceptors (Lipinski definition) is 4. The maximum Gasteiger partial charge on any atom is 0.0700 e. The first kappa shape index (κ1) is 13.9. The van der Waals surface area contributed by atoms with Crippen LogP contribution in [0.25, 0.3) is 0 Å². The second-order valence-corrected chi connectivity index (χ2v) is 4.23. The van der Waals surface area contributed by atoms with E-state index in [4.69, 9.17) is 14.2 Å². The molecule has 1 saturated carbocycles. The topological polar surface area (TPSA) is 39.7 Å². The third-order valence-corrected chi connectivity index (χ3v) is 2.55. The molecule has 0 heterocycles. The van der Waals surface area contributed by atoms with Crippen molar-refractivity contribution >= 4 is 0 Å². The molecule has 0 amide bonds. The normalized spacial score (nSPS) is 15.6. The van der Waals surface area contributed by atoms with Gasteiger partial charge in [0.15, 0.2) is 0 Å². The predicted molar refractivity (Wildman–Crippen MR) is 63.7 cm³/mol. The Morgan fingerprint density at radius 1 is 1.00 bits per heavy atom. The Morgan fingerprint density at radius 3 is 2.62 bits per heavy atom. The molecule has 0 aliphatic heterocycles. The smallest absolute Gasteiger partial charge is 0.0700 e. The lowest BCUT2D eigenvalue weighted by atomic mass is 10.4. The molecule has 0 atom stereocenters. The zero-order valence-electron chi connectivity index (χ0n) is 10.4. The summed E-state index contributed by atoms with van der Waals surface area (Å²) in [5, 5.41) is 3.32. The molecule has 1 N–H and O–H groups in total. The Morgan fingerprint density at radius 2 is 1.88 bits per heavy atom. The molecule has 4 nitrogen and oxygen atoms in total. The van der Waals surface area contributed by atoms with Crippen molar-refractivity contribution in [1.29, 1.82) is 0 Å². The van der Waals surface area contributed by atoms with E-state index in [9.17, 15) is 0 Å². The van der Waals surface area contributed by atoms with Crippen molar-refractivity contribution in [3.63, 3.8) is 0 Å². The van der Waals surface area contributed by atoms with Crippen LogP contribution in [0.15, 0.2) is 0 Å². The number of hydrogen-bond donors (Lipinski definition) is 1. The zero-order valence-corrected chi connectivity index (χ0v) is 10.4. The first-order chi connectivity index (χ1) is 7.93. The van der Waals surface area contributed by atoms with Gasteiger partial charge in [-0.1, -0.05) is 0 Å². The molecule has 1 aliphatic rings. The number of methoxy groups -OCH3 is 1. The van der Waals surface area contributed by atoms with Gasteiger partial charge in [-0.25, -0.2) is 0 Å². The Labute approximate surface area is 98.6 Å². The van der Waals surface area contributed by atoms with Crippen LogP contribution in [0.2, 0.25) is 0 Å². The van der Waals surface area contributed by atoms with Gasteiger partial charge in [-0.05, 0) is 31.7 Å². The predicted octanol–water partition coefficient (Wildman–Crippen LogP) is 1.06. The van der Waals surface area contributed by atoms with E-state index in [2.05, 4.69) is 5.32 Å². The van der Waals surface area contributed by atoms with Gasteiger partial charge in [0.05, 0.1) is 19.8 Å². The fourth-order valence-electron chi connectivity index (χ4n) is 1.35. The molecular weight excluding hydrogens is 206 g/mol. The van der Waals surface area contributed by atoms with Crippen LogP contribution in [0.3, 0.4) is 0 Å². The summed E-state index contributed by atoms with van der Waals surface area (Å²) in [7, 11) is 1.68. The molecule has 4 heteroatoms. The molecule has 0 saturated heterocycles. The molecule has 0 spiro atoms. The van der Waals surface area contributed by atoms with Crippen molar-refractivity contribution < 1.29 is 14.2 Å². The number of ether oxygens (including phenoxy) is 3. The summed E-state index contributed by atoms with van der Waals surface area (Å²) in [4.78, 5) is 0. The molecule has 96 valence electrons. The van der Waals surface area contributed by atoms with Gasteiger partial charge in [-0.3, -0.25) is 0 Å². The first-order valence-electron chi connectivity index (χ1n) is 6.28. The zero-order chi connectivity index (χ0) is 11.5. The van der Waals surface area contributed by atoms with E-state index < -0.39 is 0 Å². The van der Waals surface area contributed by atoms with E-state index in [0.717, 1.165) is 45.2 Å². The largest absolute Gasteiger partial charge is 0.382 e. The molecule has 0 radical (unpaired) electrons. The molecule has 1 rings (SSSR count). The fourth-order valence-corrected chi connectivity index (χ4v) is 1.35. The highest BCUT2D eigenvalue weighted by molar-refractivity contribution is 4.71. The van der Waals surface area contributed by atoms with Crippen molar-refractivity contribution in [2.75, 3.05) is 53.2 Å². The molecule has 16 heavy (non-hydrogen) atoms. The highest BCUT2D eigenvalue weighted by Crippen LogP contribution is 2.28. The molecule has 0 unspecified atom stereocenters. The van der Waals surface area contributed by atoms with Crippen molar-refractivity contribution in [3.8, 4) is 0 Å². The van der Waals surface area contributed by atoms with Crippen LogP contribution in [0, 0.1) is 5.92 Å². The van der Waals surface area contributed by atoms with E-state index in [1.807, 2.05) is 0 Å². The Balaban J connectivity index is 1.61. The number of rotatable bonds is 12. The van der Waals surface area contributed by atoms with Crippen LogP contribution in [0.1, 0.15) is 19.3 Å². The summed E-state index contributed by atoms with van der Waals surface area (Å²) < 4.78 is 15.7. The lowest BCUT2D eigenvalue weighted by Gasteiger charge is -2.06. The highest BCUT2D eigenvalue weighted by atomic mass is 16.5. The van der Waals surface area contributed by atoms with Gasteiger partial charge in [-0.15, -0.1) is 0 Å². The fraction of sp³-hybridized carbons (Fsp3) is 1.00. The summed E-state index contributed by atoms with van der Waals surface area (Å²) in [6.07, 6.45) is 3.83. The maximum absolute atomic E-state index is 5.53. The van der Waals surface area contributed by atoms with E-state index >= 15 is 0 Å². The average molecular weight is 231 g/mol. The van der Waals surface area contributed by atoms with Crippen LogP contribution in [-0.4, -0.2) is 53.2 Å². The highest BCUT2D eigenvalue weighted by Gasteiger charge is 2.20. The molecule has 0 aromatic heterocycles. The van der Waals surface area contributed by atoms with Crippen LogP contribution >= 0.6 is 0 Å². The third kappa shape index (κ3) is 9.09. The van der Waals surface area contributed by atoms with Crippen LogP contribution in [0.4, 0.5) is 0 Å². The van der Waals surface area contributed by atoms with Crippen molar-refractivity contribution in [1.82, 2.24) is 5.32 Å². The van der Waals surface area contributed by atoms with Crippen LogP contribution < -0.4 is 5.32 Å². The van der Waals surface area contributed by atoms with Gasteiger partial charge >= 0.3 is 0 Å². The molecule has 0 aromatic rings. The molecule has 1 aliphatic carbocycles. The maximum atomic E-state index is 5.53. The van der Waals surface area contributed by atoms with Crippen molar-refractivity contribution in [2.24, 2.45) is 5.92 Å². The van der Waals surface area contributed by atoms with E-state index in [1.54, 1.807) is 7.11 Å². The summed E-state index contributed by atoms with van der Waals surface area (Å²) in [5.41, 5.74) is 0. The van der Waals surface area contributed by atoms with Crippen LogP contribution in [0.5, 0.6) is 0 Å². The minimum atomic E-state index is 0.676. The second-order valence-electron chi connectivity index (χ2n) is 4.23. The average Bonchev–Trinajstić information content (AvgIpc) is 3.10. The van der Waals surface area contributed by atoms with E-state index in [-0.39, 0.29) is 0 Å². The SMILES string of the molecule is COCCOCCNCCCOCC1CC1. The number of nitrogens with one attached hydrogen (secondary N) is 1. The lowest BCUT2D eigenvalue weighted by molar-refractivity contribution is 0.0715. The van der Waals surface area contributed by atoms with Gasteiger partial charge < -0.3 is 19.5 Å². The van der Waals surface area contributed by atoms with Gasteiger partial charge in [-0.2, -0.15) is 0 Å². The van der Waals surface area contributed by atoms with Gasteiger partial charge in [0, 0.05) is 26.9 Å². The minimum Gasteiger partial charge on any atom is -0.382 e. The quantitative estimate of drug-likeness (QED) is 0.510. The molecule has 1 fully saturated rings. The van der Waals surface area contributed by atoms with Crippen LogP contribution in [-0.2, 0) is 14.2 Å². The molecular formula is C12H25NO3. The minimum absolute atomic E-state index is 0.676. The van der Waals surface area contributed by atoms with Crippen molar-refractivity contribution in [2.45, 2.75) is 19.3 Å². The van der Waals surface area contributed by atoms with E-state index in [0.29, 0.717) is 13.2 Å². The Hall–Kier alpha value is -0.160. The second kappa shape index (κ2) is 10.0. The summed E-state index contributed by atoms with van der Waals surface area (Å²) in [5.74, 6) is 0.877. The summed E-state index contributed by atoms with van der Waals surface area (Å²) in [6.45, 7) is 5.89. The third-order valence-electron chi connectivity index (χ3n) is 2.55. The standard InChI is InChI=1S/C12H25NO3/c1-14-9-10-15-8-6-13-5-2-7-16-11-12-3-4-12/h12-13H,2-11H2,1H3. The lowest BCUT2D eigenvalue weighted by Crippen LogP contribution is -2.22.